The standard InChI is InChI=1S/C17H18O3/c18-16(19)12-7-13-20-17(14-8-3-1-4-9-14)15-10-5-2-6-11-15/h1-6,8-11,17H,7,12-13H2,(H,18,19). The molecular weight excluding hydrogens is 252 g/mol. The fraction of sp³-hybridized carbons (Fsp3) is 0.235. The summed E-state index contributed by atoms with van der Waals surface area (Å²) in [4.78, 5) is 10.5. The monoisotopic (exact) mass is 270 g/mol. The Bertz CT molecular complexity index is 483. The Morgan fingerprint density at radius 3 is 1.90 bits per heavy atom. The van der Waals surface area contributed by atoms with Crippen molar-refractivity contribution in [1.29, 1.82) is 0 Å². The lowest BCUT2D eigenvalue weighted by atomic mass is 10.0. The molecule has 2 aromatic carbocycles. The molecule has 0 heterocycles. The molecule has 1 N–H and O–H groups in total. The van der Waals surface area contributed by atoms with Crippen LogP contribution in [0.5, 0.6) is 0 Å². The molecule has 0 atom stereocenters. The lowest BCUT2D eigenvalue weighted by molar-refractivity contribution is -0.137. The molecule has 0 amide bonds. The van der Waals surface area contributed by atoms with Gasteiger partial charge in [-0.2, -0.15) is 0 Å². The summed E-state index contributed by atoms with van der Waals surface area (Å²) in [5, 5.41) is 8.66. The molecule has 0 aromatic heterocycles. The molecule has 20 heavy (non-hydrogen) atoms. The second kappa shape index (κ2) is 7.46. The maximum absolute atomic E-state index is 10.5. The van der Waals surface area contributed by atoms with Crippen LogP contribution >= 0.6 is 0 Å². The SMILES string of the molecule is O=C(O)CCCOC(c1ccccc1)c1ccccc1. The molecule has 2 aromatic rings. The Kier molecular flexibility index (Phi) is 5.33. The van der Waals surface area contributed by atoms with Crippen molar-refractivity contribution in [2.75, 3.05) is 6.61 Å². The number of carboxylic acid groups (broad SMARTS) is 1. The highest BCUT2D eigenvalue weighted by Crippen LogP contribution is 2.25. The quantitative estimate of drug-likeness (QED) is 0.781. The van der Waals surface area contributed by atoms with Crippen LogP contribution in [0.2, 0.25) is 0 Å². The average molecular weight is 270 g/mol. The molecule has 0 aliphatic rings. The van der Waals surface area contributed by atoms with Gasteiger partial charge in [0.05, 0.1) is 0 Å². The van der Waals surface area contributed by atoms with Crippen LogP contribution in [0.1, 0.15) is 30.1 Å². The van der Waals surface area contributed by atoms with Gasteiger partial charge in [0.1, 0.15) is 6.10 Å². The molecular formula is C17H18O3. The summed E-state index contributed by atoms with van der Waals surface area (Å²) in [5.41, 5.74) is 2.16. The van der Waals surface area contributed by atoms with Gasteiger partial charge in [0.25, 0.3) is 0 Å². The van der Waals surface area contributed by atoms with Crippen LogP contribution in [-0.4, -0.2) is 17.7 Å². The van der Waals surface area contributed by atoms with E-state index in [1.165, 1.54) is 0 Å². The van der Waals surface area contributed by atoms with Crippen LogP contribution in [0.25, 0.3) is 0 Å². The second-order valence-corrected chi connectivity index (χ2v) is 4.57. The Labute approximate surface area is 118 Å². The lowest BCUT2D eigenvalue weighted by Crippen LogP contribution is -2.08. The van der Waals surface area contributed by atoms with Crippen molar-refractivity contribution in [1.82, 2.24) is 0 Å². The number of hydrogen-bond acceptors (Lipinski definition) is 2. The smallest absolute Gasteiger partial charge is 0.303 e. The first-order valence-corrected chi connectivity index (χ1v) is 6.70. The van der Waals surface area contributed by atoms with E-state index < -0.39 is 5.97 Å². The molecule has 0 aliphatic heterocycles. The molecule has 0 radical (unpaired) electrons. The van der Waals surface area contributed by atoms with Gasteiger partial charge in [0, 0.05) is 13.0 Å². The highest BCUT2D eigenvalue weighted by atomic mass is 16.5. The van der Waals surface area contributed by atoms with E-state index in [1.54, 1.807) is 0 Å². The van der Waals surface area contributed by atoms with E-state index in [9.17, 15) is 4.79 Å². The predicted octanol–water partition coefficient (Wildman–Crippen LogP) is 3.66. The van der Waals surface area contributed by atoms with Crippen LogP contribution in [0.4, 0.5) is 0 Å². The number of ether oxygens (including phenoxy) is 1. The molecule has 3 heteroatoms. The molecule has 0 unspecified atom stereocenters. The summed E-state index contributed by atoms with van der Waals surface area (Å²) in [5.74, 6) is -0.787. The van der Waals surface area contributed by atoms with Crippen molar-refractivity contribution in [3.8, 4) is 0 Å². The van der Waals surface area contributed by atoms with Crippen LogP contribution in [0, 0.1) is 0 Å². The molecule has 2 rings (SSSR count). The van der Waals surface area contributed by atoms with Gasteiger partial charge in [-0.05, 0) is 17.5 Å². The van der Waals surface area contributed by atoms with Gasteiger partial charge in [0.15, 0.2) is 0 Å². The fourth-order valence-corrected chi connectivity index (χ4v) is 2.07. The van der Waals surface area contributed by atoms with Crippen LogP contribution in [-0.2, 0) is 9.53 Å². The van der Waals surface area contributed by atoms with E-state index in [2.05, 4.69) is 0 Å². The highest BCUT2D eigenvalue weighted by molar-refractivity contribution is 5.66. The Hall–Kier alpha value is -2.13. The third-order valence-corrected chi connectivity index (χ3v) is 3.02. The molecule has 0 aliphatic carbocycles. The first-order valence-electron chi connectivity index (χ1n) is 6.70. The summed E-state index contributed by atoms with van der Waals surface area (Å²) in [6.45, 7) is 0.431. The van der Waals surface area contributed by atoms with Crippen molar-refractivity contribution in [3.05, 3.63) is 71.8 Å². The third-order valence-electron chi connectivity index (χ3n) is 3.02. The summed E-state index contributed by atoms with van der Waals surface area (Å²) < 4.78 is 5.90. The number of carbonyl (C=O) groups is 1. The van der Waals surface area contributed by atoms with Gasteiger partial charge in [-0.1, -0.05) is 60.7 Å². The van der Waals surface area contributed by atoms with E-state index >= 15 is 0 Å². The van der Waals surface area contributed by atoms with Crippen molar-refractivity contribution in [2.45, 2.75) is 18.9 Å². The minimum absolute atomic E-state index is 0.135. The van der Waals surface area contributed by atoms with E-state index in [-0.39, 0.29) is 12.5 Å². The largest absolute Gasteiger partial charge is 0.481 e. The maximum atomic E-state index is 10.5. The number of rotatable bonds is 7. The van der Waals surface area contributed by atoms with Crippen molar-refractivity contribution in [3.63, 3.8) is 0 Å². The van der Waals surface area contributed by atoms with Gasteiger partial charge in [0.2, 0.25) is 0 Å². The predicted molar refractivity (Wildman–Crippen MR) is 77.5 cm³/mol. The van der Waals surface area contributed by atoms with Crippen molar-refractivity contribution < 1.29 is 14.6 Å². The molecule has 104 valence electrons. The minimum atomic E-state index is -0.787. The zero-order valence-electron chi connectivity index (χ0n) is 11.2. The first kappa shape index (κ1) is 14.3. The Balaban J connectivity index is 2.07. The summed E-state index contributed by atoms with van der Waals surface area (Å²) in [6.07, 6.45) is 0.508. The molecule has 0 bridgehead atoms. The van der Waals surface area contributed by atoms with E-state index in [1.807, 2.05) is 60.7 Å². The third kappa shape index (κ3) is 4.21. The van der Waals surface area contributed by atoms with Crippen molar-refractivity contribution >= 4 is 5.97 Å². The maximum Gasteiger partial charge on any atom is 0.303 e. The van der Waals surface area contributed by atoms with Gasteiger partial charge in [-0.15, -0.1) is 0 Å². The van der Waals surface area contributed by atoms with Crippen LogP contribution < -0.4 is 0 Å². The van der Waals surface area contributed by atoms with E-state index in [0.29, 0.717) is 13.0 Å². The normalized spacial score (nSPS) is 10.7. The zero-order valence-corrected chi connectivity index (χ0v) is 11.2. The van der Waals surface area contributed by atoms with Gasteiger partial charge in [-0.25, -0.2) is 0 Å². The minimum Gasteiger partial charge on any atom is -0.481 e. The van der Waals surface area contributed by atoms with Gasteiger partial charge < -0.3 is 9.84 Å². The molecule has 0 spiro atoms. The Morgan fingerprint density at radius 2 is 1.45 bits per heavy atom. The molecule has 0 saturated carbocycles. The number of hydrogen-bond donors (Lipinski definition) is 1. The van der Waals surface area contributed by atoms with Gasteiger partial charge >= 0.3 is 5.97 Å². The topological polar surface area (TPSA) is 46.5 Å². The van der Waals surface area contributed by atoms with Gasteiger partial charge in [-0.3, -0.25) is 4.79 Å². The molecule has 3 nitrogen and oxygen atoms in total. The number of aliphatic carboxylic acids is 1. The van der Waals surface area contributed by atoms with Crippen LogP contribution in [0.15, 0.2) is 60.7 Å². The number of benzene rings is 2. The average Bonchev–Trinajstić information content (AvgIpc) is 2.49. The lowest BCUT2D eigenvalue weighted by Gasteiger charge is -2.18. The molecule has 0 saturated heterocycles. The van der Waals surface area contributed by atoms with Crippen LogP contribution in [0.3, 0.4) is 0 Å². The second-order valence-electron chi connectivity index (χ2n) is 4.57. The zero-order chi connectivity index (χ0) is 14.2. The summed E-state index contributed by atoms with van der Waals surface area (Å²) >= 11 is 0. The van der Waals surface area contributed by atoms with E-state index in [4.69, 9.17) is 9.84 Å². The summed E-state index contributed by atoms with van der Waals surface area (Å²) in [6, 6.07) is 19.9. The van der Waals surface area contributed by atoms with Crippen molar-refractivity contribution in [2.24, 2.45) is 0 Å². The number of carboxylic acids is 1. The van der Waals surface area contributed by atoms with E-state index in [0.717, 1.165) is 11.1 Å². The summed E-state index contributed by atoms with van der Waals surface area (Å²) in [7, 11) is 0. The highest BCUT2D eigenvalue weighted by Gasteiger charge is 2.14. The first-order chi connectivity index (χ1) is 9.77. The Morgan fingerprint density at radius 1 is 0.950 bits per heavy atom. The fourth-order valence-electron chi connectivity index (χ4n) is 2.07. The molecule has 0 fully saturated rings.